The highest BCUT2D eigenvalue weighted by Gasteiger charge is 2.26. The van der Waals surface area contributed by atoms with Crippen molar-refractivity contribution in [2.45, 2.75) is 13.8 Å². The van der Waals surface area contributed by atoms with Gasteiger partial charge >= 0.3 is 0 Å². The van der Waals surface area contributed by atoms with Crippen LogP contribution in [0.5, 0.6) is 0 Å². The Morgan fingerprint density at radius 2 is 1.47 bits per heavy atom. The summed E-state index contributed by atoms with van der Waals surface area (Å²) >= 11 is 0. The number of halogens is 1. The summed E-state index contributed by atoms with van der Waals surface area (Å²) in [6, 6.07) is 21.1. The van der Waals surface area contributed by atoms with Crippen LogP contribution in [0.25, 0.3) is 32.9 Å². The molecule has 0 aliphatic heterocycles. The monoisotopic (exact) mass is 453 g/mol. The van der Waals surface area contributed by atoms with Gasteiger partial charge in [-0.2, -0.15) is 14.6 Å². The van der Waals surface area contributed by atoms with Crippen molar-refractivity contribution in [1.82, 2.24) is 20.4 Å². The molecule has 1 amide bonds. The Balaban J connectivity index is 1.59. The lowest BCUT2D eigenvalue weighted by Crippen LogP contribution is -2.29. The normalized spacial score (nSPS) is 11.0. The fourth-order valence-corrected chi connectivity index (χ4v) is 3.88. The number of anilines is 1. The largest absolute Gasteiger partial charge is 0.285 e. The molecular weight excluding hydrogens is 433 g/mol. The summed E-state index contributed by atoms with van der Waals surface area (Å²) in [4.78, 5) is 26.6. The minimum Gasteiger partial charge on any atom is -0.277 e. The second-order valence-corrected chi connectivity index (χ2v) is 8.04. The number of hydrogen-bond acceptors (Lipinski definition) is 4. The molecule has 0 saturated carbocycles. The number of amides is 1. The summed E-state index contributed by atoms with van der Waals surface area (Å²) in [6.07, 6.45) is 0. The predicted molar refractivity (Wildman–Crippen MR) is 130 cm³/mol. The number of carbonyl (C=O) groups is 1. The zero-order chi connectivity index (χ0) is 23.8. The summed E-state index contributed by atoms with van der Waals surface area (Å²) in [6.45, 7) is 3.20. The average molecular weight is 453 g/mol. The van der Waals surface area contributed by atoms with Gasteiger partial charge in [-0.15, -0.1) is 0 Å². The van der Waals surface area contributed by atoms with E-state index in [4.69, 9.17) is 0 Å². The zero-order valence-corrected chi connectivity index (χ0v) is 18.5. The van der Waals surface area contributed by atoms with Gasteiger partial charge in [0.15, 0.2) is 11.6 Å². The average Bonchev–Trinajstić information content (AvgIpc) is 3.29. The van der Waals surface area contributed by atoms with Crippen LogP contribution in [0.15, 0.2) is 89.1 Å². The Morgan fingerprint density at radius 1 is 0.824 bits per heavy atom. The molecule has 5 aromatic rings. The quantitative estimate of drug-likeness (QED) is 0.360. The van der Waals surface area contributed by atoms with E-state index in [0.717, 1.165) is 4.90 Å². The molecule has 7 nitrogen and oxygen atoms in total. The van der Waals surface area contributed by atoms with Gasteiger partial charge in [-0.25, -0.2) is 5.10 Å². The maximum Gasteiger partial charge on any atom is 0.285 e. The second kappa shape index (κ2) is 8.40. The van der Waals surface area contributed by atoms with E-state index in [2.05, 4.69) is 20.4 Å². The third-order valence-electron chi connectivity index (χ3n) is 5.58. The lowest BCUT2D eigenvalue weighted by molar-refractivity contribution is 0.0985. The first-order valence-electron chi connectivity index (χ1n) is 10.6. The Hall–Kier alpha value is -4.59. The van der Waals surface area contributed by atoms with E-state index in [9.17, 15) is 9.59 Å². The molecule has 0 aliphatic carbocycles. The second-order valence-electron chi connectivity index (χ2n) is 8.04. The fourth-order valence-electron chi connectivity index (χ4n) is 3.88. The maximum atomic E-state index is 15.3. The third-order valence-corrected chi connectivity index (χ3v) is 5.58. The van der Waals surface area contributed by atoms with E-state index in [-0.39, 0.29) is 11.3 Å². The molecule has 34 heavy (non-hydrogen) atoms. The van der Waals surface area contributed by atoms with E-state index < -0.39 is 11.9 Å². The molecule has 0 radical (unpaired) electrons. The van der Waals surface area contributed by atoms with Crippen LogP contribution in [-0.4, -0.2) is 26.3 Å². The number of H-pyrrole nitrogens is 2. The van der Waals surface area contributed by atoms with Gasteiger partial charge in [0.2, 0.25) is 0 Å². The Kier molecular flexibility index (Phi) is 5.25. The van der Waals surface area contributed by atoms with Crippen molar-refractivity contribution in [2.24, 2.45) is 0 Å². The predicted octanol–water partition coefficient (Wildman–Crippen LogP) is 5.33. The van der Waals surface area contributed by atoms with Crippen LogP contribution in [0.2, 0.25) is 0 Å². The third kappa shape index (κ3) is 3.55. The van der Waals surface area contributed by atoms with E-state index in [1.54, 1.807) is 68.4 Å². The molecule has 2 aromatic heterocycles. The first-order chi connectivity index (χ1) is 16.5. The van der Waals surface area contributed by atoms with Crippen LogP contribution in [0.3, 0.4) is 0 Å². The zero-order valence-electron chi connectivity index (χ0n) is 18.5. The summed E-state index contributed by atoms with van der Waals surface area (Å²) in [5.74, 6) is -1.26. The van der Waals surface area contributed by atoms with Gasteiger partial charge in [-0.1, -0.05) is 48.5 Å². The molecule has 0 saturated heterocycles. The maximum absolute atomic E-state index is 15.3. The molecule has 0 fully saturated rings. The van der Waals surface area contributed by atoms with Crippen LogP contribution >= 0.6 is 0 Å². The Morgan fingerprint density at radius 3 is 2.18 bits per heavy atom. The Labute approximate surface area is 193 Å². The van der Waals surface area contributed by atoms with Crippen LogP contribution < -0.4 is 10.5 Å². The SMILES string of the molecule is CC(C)=C(F)N(C(=O)c1n[nH]c2ccccc12)c1ccc(-c2n[nH]c(=O)c3ccccc23)cc1. The number of para-hydroxylation sites is 1. The summed E-state index contributed by atoms with van der Waals surface area (Å²) in [7, 11) is 0. The highest BCUT2D eigenvalue weighted by molar-refractivity contribution is 6.13. The van der Waals surface area contributed by atoms with Gasteiger partial charge in [0, 0.05) is 16.3 Å². The van der Waals surface area contributed by atoms with Crippen LogP contribution in [0.1, 0.15) is 24.3 Å². The van der Waals surface area contributed by atoms with E-state index in [1.165, 1.54) is 0 Å². The molecule has 0 bridgehead atoms. The van der Waals surface area contributed by atoms with Gasteiger partial charge in [-0.3, -0.25) is 19.6 Å². The van der Waals surface area contributed by atoms with Crippen LogP contribution in [-0.2, 0) is 0 Å². The summed E-state index contributed by atoms with van der Waals surface area (Å²) < 4.78 is 15.3. The molecule has 0 spiro atoms. The minimum atomic E-state index is -0.669. The van der Waals surface area contributed by atoms with Crippen molar-refractivity contribution < 1.29 is 9.18 Å². The standard InChI is InChI=1S/C26H20FN5O2/c1-15(2)24(27)32(26(34)23-20-9-5-6-10-21(20)28-30-23)17-13-11-16(12-14-17)22-18-7-3-4-8-19(18)25(33)31-29-22/h3-14H,1-2H3,(H,28,30)(H,31,33). The molecule has 3 aromatic carbocycles. The number of nitrogens with zero attached hydrogens (tertiary/aromatic N) is 3. The van der Waals surface area contributed by atoms with Gasteiger partial charge in [-0.05, 0) is 43.7 Å². The highest BCUT2D eigenvalue weighted by Crippen LogP contribution is 2.30. The molecule has 2 N–H and O–H groups in total. The summed E-state index contributed by atoms with van der Waals surface area (Å²) in [5.41, 5.74) is 2.54. The molecular formula is C26H20FN5O2. The molecule has 0 atom stereocenters. The number of allylic oxidation sites excluding steroid dienone is 1. The molecule has 8 heteroatoms. The van der Waals surface area contributed by atoms with Crippen molar-refractivity contribution in [3.63, 3.8) is 0 Å². The van der Waals surface area contributed by atoms with E-state index in [0.29, 0.717) is 44.2 Å². The summed E-state index contributed by atoms with van der Waals surface area (Å²) in [5, 5.41) is 15.5. The van der Waals surface area contributed by atoms with Crippen LogP contribution in [0, 0.1) is 0 Å². The van der Waals surface area contributed by atoms with E-state index >= 15 is 4.39 Å². The van der Waals surface area contributed by atoms with E-state index in [1.807, 2.05) is 18.2 Å². The van der Waals surface area contributed by atoms with Crippen molar-refractivity contribution in [3.8, 4) is 11.3 Å². The molecule has 168 valence electrons. The number of benzene rings is 3. The topological polar surface area (TPSA) is 94.7 Å². The molecule has 2 heterocycles. The number of aromatic nitrogens is 4. The van der Waals surface area contributed by atoms with Crippen LogP contribution in [0.4, 0.5) is 10.1 Å². The van der Waals surface area contributed by atoms with Crippen molar-refractivity contribution in [2.75, 3.05) is 4.90 Å². The number of carbonyl (C=O) groups excluding carboxylic acids is 1. The van der Waals surface area contributed by atoms with Gasteiger partial charge in [0.05, 0.1) is 22.3 Å². The van der Waals surface area contributed by atoms with Gasteiger partial charge in [0.1, 0.15) is 0 Å². The first-order valence-corrected chi connectivity index (χ1v) is 10.6. The molecule has 5 rings (SSSR count). The fraction of sp³-hybridized carbons (Fsp3) is 0.0769. The van der Waals surface area contributed by atoms with Crippen molar-refractivity contribution in [3.05, 3.63) is 100 Å². The van der Waals surface area contributed by atoms with Gasteiger partial charge < -0.3 is 0 Å². The number of aromatic amines is 2. The van der Waals surface area contributed by atoms with Crippen molar-refractivity contribution in [1.29, 1.82) is 0 Å². The first kappa shape index (κ1) is 21.3. The number of rotatable bonds is 4. The minimum absolute atomic E-state index is 0.129. The highest BCUT2D eigenvalue weighted by atomic mass is 19.1. The smallest absolute Gasteiger partial charge is 0.277 e. The molecule has 0 unspecified atom stereocenters. The lowest BCUT2D eigenvalue weighted by Gasteiger charge is -2.21. The van der Waals surface area contributed by atoms with Crippen molar-refractivity contribution >= 4 is 33.3 Å². The van der Waals surface area contributed by atoms with Gasteiger partial charge in [0.25, 0.3) is 11.5 Å². The Bertz CT molecular complexity index is 1630. The molecule has 0 aliphatic rings. The number of hydrogen-bond donors (Lipinski definition) is 2. The lowest BCUT2D eigenvalue weighted by atomic mass is 10.0. The number of fused-ring (bicyclic) bond motifs is 2. The number of nitrogens with one attached hydrogen (secondary N) is 2.